The minimum absolute atomic E-state index is 0.197. The molecule has 2 rings (SSSR count). The number of hydrogen-bond donors (Lipinski definition) is 1. The molecule has 0 spiro atoms. The third-order valence-electron chi connectivity index (χ3n) is 3.27. The standard InChI is InChI=1S/C17H17Cl2N3O3S/c1-12-4-3-5-13(6-12)10-20-21-17(23)11-22(26(2,24)25)16-8-14(18)7-15(19)9-16/h3-10H,11H2,1-2H3,(H,21,23)/b20-10-. The van der Waals surface area contributed by atoms with E-state index in [4.69, 9.17) is 23.2 Å². The summed E-state index contributed by atoms with van der Waals surface area (Å²) in [6, 6.07) is 11.8. The van der Waals surface area contributed by atoms with Gasteiger partial charge >= 0.3 is 0 Å². The van der Waals surface area contributed by atoms with Gasteiger partial charge in [-0.05, 0) is 30.7 Å². The molecule has 138 valence electrons. The van der Waals surface area contributed by atoms with Crippen LogP contribution in [0.1, 0.15) is 11.1 Å². The van der Waals surface area contributed by atoms with E-state index >= 15 is 0 Å². The van der Waals surface area contributed by atoms with Crippen molar-refractivity contribution in [1.29, 1.82) is 0 Å². The van der Waals surface area contributed by atoms with Crippen molar-refractivity contribution < 1.29 is 13.2 Å². The molecule has 9 heteroatoms. The van der Waals surface area contributed by atoms with Gasteiger partial charge in [-0.25, -0.2) is 13.8 Å². The Kier molecular flexibility index (Phi) is 6.63. The molecule has 2 aromatic rings. The summed E-state index contributed by atoms with van der Waals surface area (Å²) in [5.74, 6) is -0.601. The average Bonchev–Trinajstić information content (AvgIpc) is 2.50. The first-order chi connectivity index (χ1) is 12.1. The molecule has 0 aliphatic rings. The molecule has 0 saturated carbocycles. The summed E-state index contributed by atoms with van der Waals surface area (Å²) in [5.41, 5.74) is 4.38. The first-order valence-electron chi connectivity index (χ1n) is 7.47. The number of nitrogens with zero attached hydrogens (tertiary/aromatic N) is 2. The Bertz CT molecular complexity index is 926. The van der Waals surface area contributed by atoms with Crippen LogP contribution in [0.15, 0.2) is 47.6 Å². The Labute approximate surface area is 162 Å². The van der Waals surface area contributed by atoms with E-state index in [-0.39, 0.29) is 15.7 Å². The van der Waals surface area contributed by atoms with Crippen molar-refractivity contribution in [3.63, 3.8) is 0 Å². The molecule has 0 aliphatic carbocycles. The molecule has 6 nitrogen and oxygen atoms in total. The van der Waals surface area contributed by atoms with Crippen LogP contribution in [-0.2, 0) is 14.8 Å². The van der Waals surface area contributed by atoms with Gasteiger partial charge in [-0.2, -0.15) is 5.10 Å². The predicted octanol–water partition coefficient (Wildman–Crippen LogP) is 3.22. The zero-order valence-corrected chi connectivity index (χ0v) is 16.4. The molecule has 1 N–H and O–H groups in total. The Morgan fingerprint density at radius 2 is 1.85 bits per heavy atom. The molecule has 0 aliphatic heterocycles. The van der Waals surface area contributed by atoms with Gasteiger partial charge in [0, 0.05) is 10.0 Å². The molecule has 0 radical (unpaired) electrons. The summed E-state index contributed by atoms with van der Waals surface area (Å²) >= 11 is 11.8. The number of amides is 1. The van der Waals surface area contributed by atoms with Crippen LogP contribution in [0.25, 0.3) is 0 Å². The third-order valence-corrected chi connectivity index (χ3v) is 4.84. The van der Waals surface area contributed by atoms with Gasteiger partial charge in [0.15, 0.2) is 0 Å². The van der Waals surface area contributed by atoms with Crippen LogP contribution in [0.2, 0.25) is 10.0 Å². The number of hydrazone groups is 1. The lowest BCUT2D eigenvalue weighted by Gasteiger charge is -2.21. The van der Waals surface area contributed by atoms with Crippen LogP contribution in [0.5, 0.6) is 0 Å². The fourth-order valence-electron chi connectivity index (χ4n) is 2.18. The second-order valence-electron chi connectivity index (χ2n) is 5.60. The van der Waals surface area contributed by atoms with Crippen LogP contribution < -0.4 is 9.73 Å². The molecule has 0 unspecified atom stereocenters. The lowest BCUT2D eigenvalue weighted by Crippen LogP contribution is -2.39. The normalized spacial score (nSPS) is 11.5. The number of benzene rings is 2. The predicted molar refractivity (Wildman–Crippen MR) is 106 cm³/mol. The second kappa shape index (κ2) is 8.53. The quantitative estimate of drug-likeness (QED) is 0.583. The van der Waals surface area contributed by atoms with E-state index in [0.29, 0.717) is 0 Å². The maximum Gasteiger partial charge on any atom is 0.260 e. The maximum atomic E-state index is 12.1. The summed E-state index contributed by atoms with van der Waals surface area (Å²) in [6.07, 6.45) is 2.47. The SMILES string of the molecule is Cc1cccc(/C=N\NC(=O)CN(c2cc(Cl)cc(Cl)c2)S(C)(=O)=O)c1. The van der Waals surface area contributed by atoms with Crippen molar-refractivity contribution in [3.8, 4) is 0 Å². The fraction of sp³-hybridized carbons (Fsp3) is 0.176. The summed E-state index contributed by atoms with van der Waals surface area (Å²) < 4.78 is 25.0. The fourth-order valence-corrected chi connectivity index (χ4v) is 3.53. The summed E-state index contributed by atoms with van der Waals surface area (Å²) in [5, 5.41) is 4.37. The molecule has 2 aromatic carbocycles. The number of nitrogens with one attached hydrogen (secondary N) is 1. The van der Waals surface area contributed by atoms with Crippen LogP contribution in [-0.4, -0.2) is 33.3 Å². The van der Waals surface area contributed by atoms with Gasteiger partial charge in [-0.15, -0.1) is 0 Å². The van der Waals surface area contributed by atoms with Crippen LogP contribution in [0, 0.1) is 6.92 Å². The number of sulfonamides is 1. The highest BCUT2D eigenvalue weighted by Gasteiger charge is 2.21. The number of carbonyl (C=O) groups excluding carboxylic acids is 1. The van der Waals surface area contributed by atoms with Gasteiger partial charge in [-0.3, -0.25) is 9.10 Å². The molecule has 0 fully saturated rings. The van der Waals surface area contributed by atoms with E-state index in [0.717, 1.165) is 21.7 Å². The van der Waals surface area contributed by atoms with E-state index in [1.807, 2.05) is 31.2 Å². The van der Waals surface area contributed by atoms with Crippen molar-refractivity contribution >= 4 is 51.0 Å². The highest BCUT2D eigenvalue weighted by molar-refractivity contribution is 7.92. The zero-order chi connectivity index (χ0) is 19.3. The molecular formula is C17H17Cl2N3O3S. The smallest absolute Gasteiger partial charge is 0.260 e. The van der Waals surface area contributed by atoms with E-state index in [2.05, 4.69) is 10.5 Å². The number of carbonyl (C=O) groups is 1. The minimum atomic E-state index is -3.73. The first-order valence-corrected chi connectivity index (χ1v) is 10.1. The van der Waals surface area contributed by atoms with Gasteiger partial charge < -0.3 is 0 Å². The van der Waals surface area contributed by atoms with E-state index < -0.39 is 22.5 Å². The van der Waals surface area contributed by atoms with Crippen LogP contribution >= 0.6 is 23.2 Å². The number of halogens is 2. The molecule has 0 atom stereocenters. The van der Waals surface area contributed by atoms with Gasteiger partial charge in [0.05, 0.1) is 18.2 Å². The number of anilines is 1. The number of rotatable bonds is 6. The van der Waals surface area contributed by atoms with E-state index in [1.54, 1.807) is 0 Å². The number of aryl methyl sites for hydroxylation is 1. The van der Waals surface area contributed by atoms with Crippen LogP contribution in [0.4, 0.5) is 5.69 Å². The van der Waals surface area contributed by atoms with E-state index in [9.17, 15) is 13.2 Å². The molecule has 26 heavy (non-hydrogen) atoms. The summed E-state index contributed by atoms with van der Waals surface area (Å²) in [7, 11) is -3.73. The molecule has 1 amide bonds. The Morgan fingerprint density at radius 3 is 2.42 bits per heavy atom. The molecular weight excluding hydrogens is 397 g/mol. The van der Waals surface area contributed by atoms with Crippen LogP contribution in [0.3, 0.4) is 0 Å². The largest absolute Gasteiger partial charge is 0.271 e. The van der Waals surface area contributed by atoms with Gasteiger partial charge in [0.2, 0.25) is 10.0 Å². The second-order valence-corrected chi connectivity index (χ2v) is 8.38. The average molecular weight is 414 g/mol. The van der Waals surface area contributed by atoms with Gasteiger partial charge in [0.1, 0.15) is 6.54 Å². The monoisotopic (exact) mass is 413 g/mol. The highest BCUT2D eigenvalue weighted by atomic mass is 35.5. The van der Waals surface area contributed by atoms with Crippen molar-refractivity contribution in [2.45, 2.75) is 6.92 Å². The van der Waals surface area contributed by atoms with Crippen molar-refractivity contribution in [2.24, 2.45) is 5.10 Å². The minimum Gasteiger partial charge on any atom is -0.271 e. The molecule has 0 heterocycles. The van der Waals surface area contributed by atoms with Gasteiger partial charge in [-0.1, -0.05) is 53.0 Å². The Hall–Kier alpha value is -2.09. The number of hydrogen-bond acceptors (Lipinski definition) is 4. The third kappa shape index (κ3) is 6.01. The van der Waals surface area contributed by atoms with Crippen molar-refractivity contribution in [2.75, 3.05) is 17.1 Å². The molecule has 0 bridgehead atoms. The Balaban J connectivity index is 2.12. The van der Waals surface area contributed by atoms with E-state index in [1.165, 1.54) is 24.4 Å². The topological polar surface area (TPSA) is 78.8 Å². The summed E-state index contributed by atoms with van der Waals surface area (Å²) in [4.78, 5) is 12.1. The van der Waals surface area contributed by atoms with Crippen molar-refractivity contribution in [1.82, 2.24) is 5.43 Å². The lowest BCUT2D eigenvalue weighted by atomic mass is 10.2. The van der Waals surface area contributed by atoms with Crippen molar-refractivity contribution in [3.05, 3.63) is 63.6 Å². The molecule has 0 aromatic heterocycles. The zero-order valence-electron chi connectivity index (χ0n) is 14.1. The summed E-state index contributed by atoms with van der Waals surface area (Å²) in [6.45, 7) is 1.48. The lowest BCUT2D eigenvalue weighted by molar-refractivity contribution is -0.119. The maximum absolute atomic E-state index is 12.1. The molecule has 0 saturated heterocycles. The first kappa shape index (κ1) is 20.2. The highest BCUT2D eigenvalue weighted by Crippen LogP contribution is 2.26. The van der Waals surface area contributed by atoms with Gasteiger partial charge in [0.25, 0.3) is 5.91 Å². The Morgan fingerprint density at radius 1 is 1.19 bits per heavy atom.